The molecule has 86 valence electrons. The number of rotatable bonds is 3. The molecule has 0 fully saturated rings. The van der Waals surface area contributed by atoms with Crippen LogP contribution in [0.5, 0.6) is 0 Å². The predicted octanol–water partition coefficient (Wildman–Crippen LogP) is 2.63. The van der Waals surface area contributed by atoms with Crippen LogP contribution in [0.25, 0.3) is 0 Å². The zero-order chi connectivity index (χ0) is 11.7. The van der Waals surface area contributed by atoms with Crippen molar-refractivity contribution in [2.24, 2.45) is 5.73 Å². The van der Waals surface area contributed by atoms with Gasteiger partial charge in [-0.1, -0.05) is 0 Å². The van der Waals surface area contributed by atoms with Crippen molar-refractivity contribution < 1.29 is 0 Å². The average molecular weight is 235 g/mol. The Balaban J connectivity index is 2.40. The monoisotopic (exact) mass is 235 g/mol. The van der Waals surface area contributed by atoms with Crippen LogP contribution >= 0.6 is 11.3 Å². The lowest BCUT2D eigenvalue weighted by atomic mass is 10.1. The maximum Gasteiger partial charge on any atom is 0.0819 e. The highest BCUT2D eigenvalue weighted by Gasteiger charge is 2.17. The van der Waals surface area contributed by atoms with E-state index in [1.54, 1.807) is 11.3 Å². The van der Waals surface area contributed by atoms with Crippen LogP contribution in [0.3, 0.4) is 0 Å². The van der Waals surface area contributed by atoms with Gasteiger partial charge in [-0.15, -0.1) is 11.3 Å². The third-order valence-electron chi connectivity index (χ3n) is 2.74. The zero-order valence-corrected chi connectivity index (χ0v) is 10.7. The third kappa shape index (κ3) is 1.90. The highest BCUT2D eigenvalue weighted by Crippen LogP contribution is 2.27. The van der Waals surface area contributed by atoms with Crippen LogP contribution < -0.4 is 5.73 Å². The Hall–Kier alpha value is -1.13. The average Bonchev–Trinajstić information content (AvgIpc) is 2.83. The summed E-state index contributed by atoms with van der Waals surface area (Å²) in [6.07, 6.45) is 0. The fourth-order valence-electron chi connectivity index (χ4n) is 1.91. The van der Waals surface area contributed by atoms with Crippen LogP contribution in [-0.2, 0) is 6.54 Å². The van der Waals surface area contributed by atoms with Gasteiger partial charge in [-0.05, 0) is 43.8 Å². The maximum absolute atomic E-state index is 6.30. The van der Waals surface area contributed by atoms with Gasteiger partial charge < -0.3 is 5.73 Å². The first-order chi connectivity index (χ1) is 7.63. The molecule has 0 saturated carbocycles. The number of thiophene rings is 1. The quantitative estimate of drug-likeness (QED) is 0.888. The fourth-order valence-corrected chi connectivity index (χ4v) is 2.85. The molecule has 2 aromatic rings. The van der Waals surface area contributed by atoms with E-state index in [4.69, 9.17) is 5.73 Å². The molecule has 16 heavy (non-hydrogen) atoms. The molecular weight excluding hydrogens is 218 g/mol. The van der Waals surface area contributed by atoms with E-state index in [0.717, 1.165) is 17.9 Å². The number of hydrogen-bond donors (Lipinski definition) is 1. The Morgan fingerprint density at radius 1 is 1.50 bits per heavy atom. The highest BCUT2D eigenvalue weighted by atomic mass is 32.1. The van der Waals surface area contributed by atoms with E-state index in [0.29, 0.717) is 0 Å². The van der Waals surface area contributed by atoms with Crippen LogP contribution in [0, 0.1) is 13.8 Å². The molecule has 0 spiro atoms. The molecule has 2 N–H and O–H groups in total. The molecule has 4 heteroatoms. The Labute approximate surface area is 99.9 Å². The first-order valence-electron chi connectivity index (χ1n) is 5.47. The van der Waals surface area contributed by atoms with Gasteiger partial charge in [0.25, 0.3) is 0 Å². The van der Waals surface area contributed by atoms with E-state index >= 15 is 0 Å². The van der Waals surface area contributed by atoms with Gasteiger partial charge in [-0.25, -0.2) is 0 Å². The molecule has 3 nitrogen and oxygen atoms in total. The third-order valence-corrected chi connectivity index (χ3v) is 3.84. The lowest BCUT2D eigenvalue weighted by Gasteiger charge is -2.12. The summed E-state index contributed by atoms with van der Waals surface area (Å²) in [7, 11) is 0. The van der Waals surface area contributed by atoms with Crippen molar-refractivity contribution in [3.8, 4) is 0 Å². The molecule has 1 unspecified atom stereocenters. The van der Waals surface area contributed by atoms with E-state index in [9.17, 15) is 0 Å². The molecule has 0 aliphatic heterocycles. The molecule has 0 aliphatic rings. The van der Waals surface area contributed by atoms with Crippen molar-refractivity contribution in [3.05, 3.63) is 39.3 Å². The summed E-state index contributed by atoms with van der Waals surface area (Å²) in [6.45, 7) is 7.06. The minimum atomic E-state index is -0.0545. The number of nitrogens with two attached hydrogens (primary N) is 1. The lowest BCUT2D eigenvalue weighted by Crippen LogP contribution is -2.16. The Kier molecular flexibility index (Phi) is 3.12. The smallest absolute Gasteiger partial charge is 0.0819 e. The first kappa shape index (κ1) is 11.4. The van der Waals surface area contributed by atoms with Gasteiger partial charge >= 0.3 is 0 Å². The van der Waals surface area contributed by atoms with Crippen molar-refractivity contribution in [2.45, 2.75) is 33.4 Å². The molecule has 2 rings (SSSR count). The summed E-state index contributed by atoms with van der Waals surface area (Å²) in [4.78, 5) is 1.23. The van der Waals surface area contributed by atoms with Gasteiger partial charge in [-0.3, -0.25) is 4.68 Å². The number of aryl methyl sites for hydroxylation is 3. The van der Waals surface area contributed by atoms with Gasteiger partial charge in [0.1, 0.15) is 0 Å². The van der Waals surface area contributed by atoms with Gasteiger partial charge in [0.05, 0.1) is 17.4 Å². The standard InChI is InChI=1S/C12H17N3S/c1-4-15-10(7-9(3)14-15)11(13)12-8(2)5-6-16-12/h5-7,11H,4,13H2,1-3H3. The second-order valence-corrected chi connectivity index (χ2v) is 4.92. The number of nitrogens with zero attached hydrogens (tertiary/aromatic N) is 2. The summed E-state index contributed by atoms with van der Waals surface area (Å²) < 4.78 is 1.99. The summed E-state index contributed by atoms with van der Waals surface area (Å²) in [5.41, 5.74) is 9.70. The fraction of sp³-hybridized carbons (Fsp3) is 0.417. The van der Waals surface area contributed by atoms with E-state index in [1.165, 1.54) is 10.4 Å². The number of hydrogen-bond acceptors (Lipinski definition) is 3. The largest absolute Gasteiger partial charge is 0.318 e. The molecule has 0 aromatic carbocycles. The van der Waals surface area contributed by atoms with Crippen LogP contribution in [0.4, 0.5) is 0 Å². The van der Waals surface area contributed by atoms with Crippen LogP contribution in [0.15, 0.2) is 17.5 Å². The highest BCUT2D eigenvalue weighted by molar-refractivity contribution is 7.10. The number of aromatic nitrogens is 2. The SMILES string of the molecule is CCn1nc(C)cc1C(N)c1sccc1C. The van der Waals surface area contributed by atoms with Crippen LogP contribution in [-0.4, -0.2) is 9.78 Å². The first-order valence-corrected chi connectivity index (χ1v) is 6.35. The summed E-state index contributed by atoms with van der Waals surface area (Å²) in [5, 5.41) is 6.52. The normalized spacial score (nSPS) is 13.0. The van der Waals surface area contributed by atoms with Gasteiger partial charge in [0, 0.05) is 11.4 Å². The molecule has 0 bridgehead atoms. The molecular formula is C12H17N3S. The topological polar surface area (TPSA) is 43.8 Å². The second-order valence-electron chi connectivity index (χ2n) is 3.97. The zero-order valence-electron chi connectivity index (χ0n) is 9.90. The Bertz CT molecular complexity index is 484. The molecule has 0 saturated heterocycles. The van der Waals surface area contributed by atoms with Gasteiger partial charge in [0.2, 0.25) is 0 Å². The van der Waals surface area contributed by atoms with Gasteiger partial charge in [0.15, 0.2) is 0 Å². The maximum atomic E-state index is 6.30. The van der Waals surface area contributed by atoms with E-state index < -0.39 is 0 Å². The van der Waals surface area contributed by atoms with Crippen molar-refractivity contribution in [3.63, 3.8) is 0 Å². The van der Waals surface area contributed by atoms with Crippen LogP contribution in [0.2, 0.25) is 0 Å². The Morgan fingerprint density at radius 3 is 2.81 bits per heavy atom. The van der Waals surface area contributed by atoms with Crippen molar-refractivity contribution in [2.75, 3.05) is 0 Å². The molecule has 2 aromatic heterocycles. The second kappa shape index (κ2) is 4.39. The summed E-state index contributed by atoms with van der Waals surface area (Å²) in [6, 6.07) is 4.13. The summed E-state index contributed by atoms with van der Waals surface area (Å²) in [5.74, 6) is 0. The van der Waals surface area contributed by atoms with E-state index in [-0.39, 0.29) is 6.04 Å². The Morgan fingerprint density at radius 2 is 2.25 bits per heavy atom. The van der Waals surface area contributed by atoms with Crippen molar-refractivity contribution >= 4 is 11.3 Å². The molecule has 1 atom stereocenters. The van der Waals surface area contributed by atoms with E-state index in [2.05, 4.69) is 36.5 Å². The van der Waals surface area contributed by atoms with E-state index in [1.807, 2.05) is 11.6 Å². The van der Waals surface area contributed by atoms with Gasteiger partial charge in [-0.2, -0.15) is 5.10 Å². The van der Waals surface area contributed by atoms with Crippen molar-refractivity contribution in [1.29, 1.82) is 0 Å². The molecule has 0 amide bonds. The summed E-state index contributed by atoms with van der Waals surface area (Å²) >= 11 is 1.71. The minimum Gasteiger partial charge on any atom is -0.318 e. The molecule has 2 heterocycles. The lowest BCUT2D eigenvalue weighted by molar-refractivity contribution is 0.599. The minimum absolute atomic E-state index is 0.0545. The van der Waals surface area contributed by atoms with Crippen molar-refractivity contribution in [1.82, 2.24) is 9.78 Å². The molecule has 0 aliphatic carbocycles. The molecule has 0 radical (unpaired) electrons. The predicted molar refractivity (Wildman–Crippen MR) is 67.7 cm³/mol. The van der Waals surface area contributed by atoms with Crippen LogP contribution in [0.1, 0.15) is 34.8 Å².